The number of hydrogen-bond donors (Lipinski definition) is 2. The molecule has 5 rings (SSSR count). The molecule has 0 saturated carbocycles. The molecule has 4 aromatic rings. The standard InChI is InChI=1S/C20H15Cl2N7O3/c1-31-10-4-6-12(14(8-10)32-2)18-15-16(11-5-3-9(21)7-13(11)22)24-25-19(30)17(15)23-20-26-27-28-29(18)20/h3-8,18H,1-2H3,(H,25,30)(H,23,26,28)/t18-/m0/s1. The van der Waals surface area contributed by atoms with Gasteiger partial charge in [0, 0.05) is 27.8 Å². The fraction of sp³-hybridized carbons (Fsp3) is 0.150. The number of aromatic nitrogens is 6. The molecule has 0 saturated heterocycles. The summed E-state index contributed by atoms with van der Waals surface area (Å²) in [5.74, 6) is 1.43. The van der Waals surface area contributed by atoms with Gasteiger partial charge in [-0.1, -0.05) is 28.3 Å². The smallest absolute Gasteiger partial charge is 0.288 e. The molecule has 0 fully saturated rings. The van der Waals surface area contributed by atoms with Gasteiger partial charge < -0.3 is 14.8 Å². The molecule has 10 nitrogen and oxygen atoms in total. The summed E-state index contributed by atoms with van der Waals surface area (Å²) in [4.78, 5) is 12.8. The number of aromatic amines is 1. The van der Waals surface area contributed by atoms with E-state index in [0.29, 0.717) is 49.9 Å². The van der Waals surface area contributed by atoms with Gasteiger partial charge in [-0.3, -0.25) is 4.79 Å². The fourth-order valence-electron chi connectivity index (χ4n) is 3.76. The SMILES string of the molecule is COc1ccc([C@H]2c3c(-c4ccc(Cl)cc4Cl)n[nH]c(=O)c3Nc3nnnn32)c(OC)c1. The lowest BCUT2D eigenvalue weighted by Gasteiger charge is -2.29. The first-order valence-corrected chi connectivity index (χ1v) is 10.1. The van der Waals surface area contributed by atoms with Crippen LogP contribution in [0.5, 0.6) is 11.5 Å². The molecule has 0 unspecified atom stereocenters. The van der Waals surface area contributed by atoms with Crippen molar-refractivity contribution in [1.29, 1.82) is 0 Å². The lowest BCUT2D eigenvalue weighted by molar-refractivity contribution is 0.386. The lowest BCUT2D eigenvalue weighted by atomic mass is 9.92. The van der Waals surface area contributed by atoms with Crippen molar-refractivity contribution in [1.82, 2.24) is 30.4 Å². The second-order valence-electron chi connectivity index (χ2n) is 6.90. The predicted octanol–water partition coefficient (Wildman–Crippen LogP) is 3.44. The zero-order valence-electron chi connectivity index (χ0n) is 16.8. The molecule has 0 bridgehead atoms. The van der Waals surface area contributed by atoms with Crippen molar-refractivity contribution in [3.05, 3.63) is 67.9 Å². The summed E-state index contributed by atoms with van der Waals surface area (Å²) in [5.41, 5.74) is 2.08. The van der Waals surface area contributed by atoms with Crippen molar-refractivity contribution in [2.75, 3.05) is 19.5 Å². The Labute approximate surface area is 191 Å². The number of nitrogens with zero attached hydrogens (tertiary/aromatic N) is 5. The van der Waals surface area contributed by atoms with E-state index in [4.69, 9.17) is 32.7 Å². The van der Waals surface area contributed by atoms with E-state index >= 15 is 0 Å². The molecule has 0 spiro atoms. The van der Waals surface area contributed by atoms with E-state index in [0.717, 1.165) is 0 Å². The molecule has 1 aliphatic rings. The topological polar surface area (TPSA) is 120 Å². The van der Waals surface area contributed by atoms with Crippen molar-refractivity contribution < 1.29 is 9.47 Å². The minimum absolute atomic E-state index is 0.256. The van der Waals surface area contributed by atoms with Crippen molar-refractivity contribution in [2.24, 2.45) is 0 Å². The van der Waals surface area contributed by atoms with Crippen molar-refractivity contribution in [3.8, 4) is 22.8 Å². The van der Waals surface area contributed by atoms with E-state index in [1.165, 1.54) is 0 Å². The number of anilines is 2. The Morgan fingerprint density at radius 3 is 2.69 bits per heavy atom. The third-order valence-corrected chi connectivity index (χ3v) is 5.74. The molecule has 2 N–H and O–H groups in total. The summed E-state index contributed by atoms with van der Waals surface area (Å²) < 4.78 is 12.5. The highest BCUT2D eigenvalue weighted by Crippen LogP contribution is 2.45. The molecule has 3 heterocycles. The summed E-state index contributed by atoms with van der Waals surface area (Å²) in [6, 6.07) is 9.77. The summed E-state index contributed by atoms with van der Waals surface area (Å²) in [6.45, 7) is 0. The van der Waals surface area contributed by atoms with Gasteiger partial charge in [-0.25, -0.2) is 5.10 Å². The van der Waals surface area contributed by atoms with Gasteiger partial charge in [-0.05, 0) is 40.8 Å². The zero-order valence-corrected chi connectivity index (χ0v) is 18.3. The summed E-state index contributed by atoms with van der Waals surface area (Å²) in [7, 11) is 3.12. The van der Waals surface area contributed by atoms with Crippen LogP contribution >= 0.6 is 23.2 Å². The summed E-state index contributed by atoms with van der Waals surface area (Å²) in [6.07, 6.45) is 0. The average molecular weight is 472 g/mol. The normalized spacial score (nSPS) is 14.3. The number of benzene rings is 2. The minimum atomic E-state index is -0.645. The van der Waals surface area contributed by atoms with Crippen LogP contribution < -0.4 is 20.3 Å². The largest absolute Gasteiger partial charge is 0.497 e. The minimum Gasteiger partial charge on any atom is -0.497 e. The third kappa shape index (κ3) is 3.15. The monoisotopic (exact) mass is 471 g/mol. The van der Waals surface area contributed by atoms with Crippen molar-refractivity contribution >= 4 is 34.8 Å². The molecule has 32 heavy (non-hydrogen) atoms. The van der Waals surface area contributed by atoms with Gasteiger partial charge in [0.2, 0.25) is 5.95 Å². The number of halogens is 2. The Hall–Kier alpha value is -3.63. The maximum Gasteiger partial charge on any atom is 0.288 e. The van der Waals surface area contributed by atoms with Crippen LogP contribution in [0.2, 0.25) is 10.0 Å². The highest BCUT2D eigenvalue weighted by molar-refractivity contribution is 6.36. The maximum atomic E-state index is 12.8. The Balaban J connectivity index is 1.84. The average Bonchev–Trinajstić information content (AvgIpc) is 3.27. The quantitative estimate of drug-likeness (QED) is 0.408. The van der Waals surface area contributed by atoms with Crippen LogP contribution in [0.15, 0.2) is 41.2 Å². The van der Waals surface area contributed by atoms with Crippen LogP contribution in [0.3, 0.4) is 0 Å². The number of tetrazole rings is 1. The number of H-pyrrole nitrogens is 1. The molecule has 1 aliphatic heterocycles. The molecule has 1 atom stereocenters. The number of methoxy groups -OCH3 is 2. The Morgan fingerprint density at radius 2 is 1.94 bits per heavy atom. The number of fused-ring (bicyclic) bond motifs is 2. The van der Waals surface area contributed by atoms with E-state index < -0.39 is 11.6 Å². The van der Waals surface area contributed by atoms with E-state index in [9.17, 15) is 4.79 Å². The highest BCUT2D eigenvalue weighted by atomic mass is 35.5. The molecule has 0 aliphatic carbocycles. The van der Waals surface area contributed by atoms with Gasteiger partial charge in [-0.2, -0.15) is 9.78 Å². The predicted molar refractivity (Wildman–Crippen MR) is 118 cm³/mol. The van der Waals surface area contributed by atoms with Gasteiger partial charge >= 0.3 is 0 Å². The molecule has 2 aromatic carbocycles. The maximum absolute atomic E-state index is 12.8. The first-order chi connectivity index (χ1) is 15.5. The van der Waals surface area contributed by atoms with Gasteiger partial charge in [0.1, 0.15) is 28.9 Å². The van der Waals surface area contributed by atoms with Crippen LogP contribution in [0.1, 0.15) is 17.2 Å². The zero-order chi connectivity index (χ0) is 22.4. The van der Waals surface area contributed by atoms with Crippen LogP contribution in [0, 0.1) is 0 Å². The molecule has 2 aromatic heterocycles. The van der Waals surface area contributed by atoms with Gasteiger partial charge in [-0.15, -0.1) is 0 Å². The van der Waals surface area contributed by atoms with E-state index in [2.05, 4.69) is 31.0 Å². The second-order valence-corrected chi connectivity index (χ2v) is 7.74. The van der Waals surface area contributed by atoms with Gasteiger partial charge in [0.25, 0.3) is 5.56 Å². The van der Waals surface area contributed by atoms with E-state index in [1.54, 1.807) is 49.2 Å². The lowest BCUT2D eigenvalue weighted by Crippen LogP contribution is -2.29. The number of hydrogen-bond acceptors (Lipinski definition) is 8. The van der Waals surface area contributed by atoms with E-state index in [1.807, 2.05) is 6.07 Å². The van der Waals surface area contributed by atoms with Gasteiger partial charge in [0.15, 0.2) is 0 Å². The van der Waals surface area contributed by atoms with Crippen LogP contribution in [-0.4, -0.2) is 44.6 Å². The van der Waals surface area contributed by atoms with Crippen LogP contribution in [-0.2, 0) is 0 Å². The Kier molecular flexibility index (Phi) is 4.95. The summed E-state index contributed by atoms with van der Waals surface area (Å²) >= 11 is 12.6. The number of ether oxygens (including phenoxy) is 2. The van der Waals surface area contributed by atoms with Crippen molar-refractivity contribution in [2.45, 2.75) is 6.04 Å². The third-order valence-electron chi connectivity index (χ3n) is 5.19. The molecule has 162 valence electrons. The number of nitrogens with one attached hydrogen (secondary N) is 2. The van der Waals surface area contributed by atoms with Gasteiger partial charge in [0.05, 0.1) is 19.2 Å². The highest BCUT2D eigenvalue weighted by Gasteiger charge is 2.36. The Bertz CT molecular complexity index is 1400. The Morgan fingerprint density at radius 1 is 1.09 bits per heavy atom. The second kappa shape index (κ2) is 7.81. The van der Waals surface area contributed by atoms with Crippen LogP contribution in [0.4, 0.5) is 11.6 Å². The molecular weight excluding hydrogens is 457 g/mol. The molecule has 0 radical (unpaired) electrons. The molecular formula is C20H15Cl2N7O3. The molecule has 0 amide bonds. The fourth-order valence-corrected chi connectivity index (χ4v) is 4.25. The summed E-state index contributed by atoms with van der Waals surface area (Å²) in [5, 5.41) is 22.6. The van der Waals surface area contributed by atoms with Crippen LogP contribution in [0.25, 0.3) is 11.3 Å². The van der Waals surface area contributed by atoms with Crippen molar-refractivity contribution in [3.63, 3.8) is 0 Å². The molecule has 12 heteroatoms. The number of rotatable bonds is 4. The van der Waals surface area contributed by atoms with E-state index in [-0.39, 0.29) is 5.69 Å². The first kappa shape index (κ1) is 20.3. The first-order valence-electron chi connectivity index (χ1n) is 9.36.